The van der Waals surface area contributed by atoms with Crippen molar-refractivity contribution in [2.45, 2.75) is 38.8 Å². The van der Waals surface area contributed by atoms with Crippen molar-refractivity contribution in [1.82, 2.24) is 15.1 Å². The zero-order chi connectivity index (χ0) is 34.6. The van der Waals surface area contributed by atoms with Gasteiger partial charge in [-0.2, -0.15) is 0 Å². The van der Waals surface area contributed by atoms with Crippen LogP contribution >= 0.6 is 0 Å². The van der Waals surface area contributed by atoms with Gasteiger partial charge in [0, 0.05) is 56.9 Å². The lowest BCUT2D eigenvalue weighted by Crippen LogP contribution is -2.52. The Hall–Kier alpha value is -5.41. The van der Waals surface area contributed by atoms with Gasteiger partial charge in [0.05, 0.1) is 0 Å². The summed E-state index contributed by atoms with van der Waals surface area (Å²) in [6, 6.07) is 31.5. The van der Waals surface area contributed by atoms with E-state index in [1.807, 2.05) is 42.5 Å². The normalized spacial score (nSPS) is 18.5. The molecule has 1 unspecified atom stereocenters. The first kappa shape index (κ1) is 33.1. The number of allylic oxidation sites excluding steroid dienone is 1. The molecule has 3 amide bonds. The van der Waals surface area contributed by atoms with Crippen molar-refractivity contribution in [2.24, 2.45) is 0 Å². The third-order valence-electron chi connectivity index (χ3n) is 10.00. The van der Waals surface area contributed by atoms with Crippen LogP contribution in [0.25, 0.3) is 11.1 Å². The second-order valence-electron chi connectivity index (χ2n) is 13.1. The van der Waals surface area contributed by atoms with Crippen molar-refractivity contribution < 1.29 is 24.2 Å². The lowest BCUT2D eigenvalue weighted by Gasteiger charge is -2.36. The minimum atomic E-state index is -0.604. The molecule has 2 N–H and O–H groups in total. The summed E-state index contributed by atoms with van der Waals surface area (Å²) in [5.41, 5.74) is 8.36. The Labute approximate surface area is 292 Å². The van der Waals surface area contributed by atoms with Crippen LogP contribution in [-0.4, -0.2) is 78.0 Å². The van der Waals surface area contributed by atoms with Gasteiger partial charge in [-0.1, -0.05) is 61.5 Å². The average molecular weight is 671 g/mol. The third-order valence-corrected chi connectivity index (χ3v) is 10.00. The lowest BCUT2D eigenvalue weighted by atomic mass is 9.88. The summed E-state index contributed by atoms with van der Waals surface area (Å²) in [6.45, 7) is 7.50. The average Bonchev–Trinajstić information content (AvgIpc) is 3.47. The molecular formula is C41H42N4O5. The van der Waals surface area contributed by atoms with Crippen LogP contribution in [0.4, 0.5) is 5.69 Å². The highest BCUT2D eigenvalue weighted by Crippen LogP contribution is 2.36. The number of anilines is 1. The highest BCUT2D eigenvalue weighted by molar-refractivity contribution is 6.05. The summed E-state index contributed by atoms with van der Waals surface area (Å²) in [6.07, 6.45) is 1.47. The molecule has 0 saturated carbocycles. The highest BCUT2D eigenvalue weighted by atomic mass is 16.5. The minimum absolute atomic E-state index is 0.146. The van der Waals surface area contributed by atoms with E-state index in [1.165, 1.54) is 11.1 Å². The molecule has 9 heteroatoms. The maximum atomic E-state index is 13.1. The van der Waals surface area contributed by atoms with E-state index >= 15 is 0 Å². The molecule has 2 fully saturated rings. The van der Waals surface area contributed by atoms with Gasteiger partial charge in [-0.25, -0.2) is 0 Å². The smallest absolute Gasteiger partial charge is 0.255 e. The molecule has 256 valence electrons. The molecule has 7 rings (SSSR count). The molecule has 4 aromatic carbocycles. The Balaban J connectivity index is 0.938. The molecule has 0 aromatic heterocycles. The van der Waals surface area contributed by atoms with E-state index in [0.717, 1.165) is 72.8 Å². The summed E-state index contributed by atoms with van der Waals surface area (Å²) in [7, 11) is 0. The Morgan fingerprint density at radius 2 is 1.54 bits per heavy atom. The fraction of sp³-hybridized carbons (Fsp3) is 0.293. The first-order chi connectivity index (χ1) is 24.4. The molecule has 3 heterocycles. The van der Waals surface area contributed by atoms with Gasteiger partial charge in [-0.15, -0.1) is 0 Å². The number of hydrogen-bond acceptors (Lipinski definition) is 7. The van der Waals surface area contributed by atoms with E-state index in [9.17, 15) is 19.5 Å². The number of benzene rings is 4. The number of ether oxygens (including phenoxy) is 1. The van der Waals surface area contributed by atoms with Gasteiger partial charge in [0.2, 0.25) is 11.8 Å². The van der Waals surface area contributed by atoms with E-state index in [0.29, 0.717) is 25.1 Å². The van der Waals surface area contributed by atoms with Crippen LogP contribution in [-0.2, 0) is 16.1 Å². The summed E-state index contributed by atoms with van der Waals surface area (Å²) in [5.74, 6) is 0.261. The van der Waals surface area contributed by atoms with Crippen LogP contribution in [0.3, 0.4) is 0 Å². The molecule has 0 spiro atoms. The molecule has 9 nitrogen and oxygen atoms in total. The summed E-state index contributed by atoms with van der Waals surface area (Å²) < 4.78 is 6.19. The second kappa shape index (κ2) is 14.6. The number of phenolic OH excluding ortho intramolecular Hbond substituents is 1. The van der Waals surface area contributed by atoms with Crippen molar-refractivity contribution in [3.8, 4) is 11.5 Å². The molecule has 3 aliphatic rings. The molecule has 3 aliphatic heterocycles. The fourth-order valence-electron chi connectivity index (χ4n) is 7.31. The van der Waals surface area contributed by atoms with Crippen molar-refractivity contribution in [3.05, 3.63) is 125 Å². The second-order valence-corrected chi connectivity index (χ2v) is 13.1. The Morgan fingerprint density at radius 1 is 0.840 bits per heavy atom. The molecule has 4 aromatic rings. The Kier molecular flexibility index (Phi) is 9.67. The number of piperazine rings is 1. The van der Waals surface area contributed by atoms with Crippen molar-refractivity contribution >= 4 is 34.6 Å². The van der Waals surface area contributed by atoms with Gasteiger partial charge in [0.15, 0.2) is 0 Å². The predicted molar refractivity (Wildman–Crippen MR) is 194 cm³/mol. The number of rotatable bonds is 10. The quantitative estimate of drug-likeness (QED) is 0.164. The molecule has 0 aliphatic carbocycles. The molecule has 0 bridgehead atoms. The van der Waals surface area contributed by atoms with Crippen LogP contribution in [0.2, 0.25) is 0 Å². The largest absolute Gasteiger partial charge is 0.508 e. The molecule has 50 heavy (non-hydrogen) atoms. The number of piperidine rings is 1. The molecule has 2 saturated heterocycles. The van der Waals surface area contributed by atoms with Crippen LogP contribution in [0.15, 0.2) is 97.1 Å². The highest BCUT2D eigenvalue weighted by Gasteiger charge is 2.39. The van der Waals surface area contributed by atoms with Gasteiger partial charge < -0.3 is 19.6 Å². The van der Waals surface area contributed by atoms with Gasteiger partial charge in [0.1, 0.15) is 24.1 Å². The third kappa shape index (κ3) is 7.00. The van der Waals surface area contributed by atoms with Crippen LogP contribution in [0.1, 0.15) is 58.8 Å². The number of nitrogens with one attached hydrogen (secondary N) is 1. The topological polar surface area (TPSA) is 102 Å². The first-order valence-electron chi connectivity index (χ1n) is 17.4. The maximum absolute atomic E-state index is 13.1. The van der Waals surface area contributed by atoms with Crippen molar-refractivity contribution in [1.29, 1.82) is 0 Å². The van der Waals surface area contributed by atoms with Gasteiger partial charge in [0.25, 0.3) is 5.91 Å². The number of fused-ring (bicyclic) bond motifs is 1. The number of imide groups is 1. The number of carbonyl (C=O) groups excluding carboxylic acids is 3. The fourth-order valence-corrected chi connectivity index (χ4v) is 7.31. The number of amides is 3. The number of aromatic hydroxyl groups is 1. The Bertz CT molecular complexity index is 1900. The zero-order valence-corrected chi connectivity index (χ0v) is 28.3. The maximum Gasteiger partial charge on any atom is 0.255 e. The number of carbonyl (C=O) groups is 3. The minimum Gasteiger partial charge on any atom is -0.508 e. The van der Waals surface area contributed by atoms with Gasteiger partial charge >= 0.3 is 0 Å². The molecular weight excluding hydrogens is 628 g/mol. The van der Waals surface area contributed by atoms with E-state index in [4.69, 9.17) is 4.74 Å². The van der Waals surface area contributed by atoms with E-state index < -0.39 is 6.04 Å². The summed E-state index contributed by atoms with van der Waals surface area (Å²) in [5, 5.41) is 12.3. The van der Waals surface area contributed by atoms with E-state index in [-0.39, 0.29) is 29.9 Å². The molecule has 0 radical (unpaired) electrons. The van der Waals surface area contributed by atoms with Crippen LogP contribution < -0.4 is 15.0 Å². The lowest BCUT2D eigenvalue weighted by molar-refractivity contribution is -0.136. The van der Waals surface area contributed by atoms with Crippen LogP contribution in [0.5, 0.6) is 11.5 Å². The Morgan fingerprint density at radius 3 is 2.22 bits per heavy atom. The number of phenols is 1. The summed E-state index contributed by atoms with van der Waals surface area (Å²) >= 11 is 0. The van der Waals surface area contributed by atoms with Crippen LogP contribution in [0, 0.1) is 0 Å². The standard InChI is InChI=1S/C41H42N4O5/c1-2-35(28-6-4-3-5-7-28)39(29-8-13-33(46)14-9-29)30-10-15-34(16-11-30)50-25-24-43-20-22-44(23-21-43)32-12-17-36-31(26-32)27-45(41(36)49)37-18-19-38(47)42-40(37)48/h3-17,26,37,46H,2,18-25,27H2,1H3,(H,42,47,48). The number of hydrogen-bond donors (Lipinski definition) is 2. The van der Waals surface area contributed by atoms with E-state index in [2.05, 4.69) is 64.5 Å². The van der Waals surface area contributed by atoms with Crippen molar-refractivity contribution in [2.75, 3.05) is 44.2 Å². The SMILES string of the molecule is CCC(=C(c1ccc(O)cc1)c1ccc(OCCN2CCN(c3ccc4c(c3)CN(C3CCC(=O)NC3=O)C4=O)CC2)cc1)c1ccccc1. The van der Waals surface area contributed by atoms with Gasteiger partial charge in [-0.3, -0.25) is 24.6 Å². The van der Waals surface area contributed by atoms with Crippen molar-refractivity contribution in [3.63, 3.8) is 0 Å². The first-order valence-corrected chi connectivity index (χ1v) is 17.4. The van der Waals surface area contributed by atoms with E-state index in [1.54, 1.807) is 17.0 Å². The zero-order valence-electron chi connectivity index (χ0n) is 28.3. The summed E-state index contributed by atoms with van der Waals surface area (Å²) in [4.78, 5) is 43.4. The number of nitrogens with zero attached hydrogens (tertiary/aromatic N) is 3. The monoisotopic (exact) mass is 670 g/mol. The van der Waals surface area contributed by atoms with Gasteiger partial charge in [-0.05, 0) is 88.7 Å². The predicted octanol–water partition coefficient (Wildman–Crippen LogP) is 5.72. The molecule has 1 atom stereocenters.